The number of amides is 1. The van der Waals surface area contributed by atoms with Crippen molar-refractivity contribution in [3.8, 4) is 0 Å². The highest BCUT2D eigenvalue weighted by Gasteiger charge is 2.27. The Morgan fingerprint density at radius 3 is 2.02 bits per heavy atom. The van der Waals surface area contributed by atoms with Crippen LogP contribution in [0.25, 0.3) is 0 Å². The molecule has 2 atom stereocenters. The molecule has 52 heavy (non-hydrogen) atoms. The van der Waals surface area contributed by atoms with Crippen LogP contribution in [0.1, 0.15) is 141 Å². The fourth-order valence-electron chi connectivity index (χ4n) is 6.04. The normalized spacial score (nSPS) is 15.5. The second-order valence-corrected chi connectivity index (χ2v) is 16.2. The van der Waals surface area contributed by atoms with Gasteiger partial charge in [0.2, 0.25) is 5.51 Å². The number of unbranched alkanes of at least 4 members (excludes halogenated alkanes) is 16. The van der Waals surface area contributed by atoms with Gasteiger partial charge in [0.15, 0.2) is 6.20 Å². The predicted octanol–water partition coefficient (Wildman–Crippen LogP) is 9.04. The van der Waals surface area contributed by atoms with E-state index in [1.54, 1.807) is 23.5 Å². The number of carbonyl (C=O) groups excluding carboxylic acids is 2. The van der Waals surface area contributed by atoms with Crippen molar-refractivity contribution in [2.75, 3.05) is 26.4 Å². The Labute approximate surface area is 318 Å². The summed E-state index contributed by atoms with van der Waals surface area (Å²) in [5.41, 5.74) is 3.03. The maximum atomic E-state index is 12.0. The molecule has 10 nitrogen and oxygen atoms in total. The van der Waals surface area contributed by atoms with Crippen LogP contribution in [0.5, 0.6) is 0 Å². The molecule has 296 valence electrons. The van der Waals surface area contributed by atoms with Crippen LogP contribution in [-0.4, -0.2) is 57.5 Å². The highest BCUT2D eigenvalue weighted by atomic mass is 32.2. The van der Waals surface area contributed by atoms with E-state index in [0.29, 0.717) is 26.2 Å². The molecule has 1 aliphatic rings. The Balaban J connectivity index is 0.000000722. The first-order valence-corrected chi connectivity index (χ1v) is 22.1. The Bertz CT molecular complexity index is 1290. The molecule has 1 aromatic heterocycles. The first-order chi connectivity index (χ1) is 25.2. The number of hydrogen-bond acceptors (Lipinski definition) is 9. The van der Waals surface area contributed by atoms with Gasteiger partial charge in [-0.1, -0.05) is 126 Å². The number of carbonyl (C=O) groups is 2. The van der Waals surface area contributed by atoms with E-state index in [-0.39, 0.29) is 35.6 Å². The van der Waals surface area contributed by atoms with Crippen LogP contribution in [0.4, 0.5) is 4.79 Å². The Kier molecular flexibility index (Phi) is 25.3. The third-order valence-electron chi connectivity index (χ3n) is 9.23. The summed E-state index contributed by atoms with van der Waals surface area (Å²) in [6.07, 6.45) is 25.8. The van der Waals surface area contributed by atoms with Crippen LogP contribution in [0.3, 0.4) is 0 Å². The molecule has 2 heterocycles. The molecule has 0 aliphatic carbocycles. The number of thiazole rings is 1. The van der Waals surface area contributed by atoms with Gasteiger partial charge < -0.3 is 24.1 Å². The van der Waals surface area contributed by atoms with Gasteiger partial charge in [0.05, 0.1) is 29.6 Å². The molecule has 1 saturated heterocycles. The molecule has 12 heteroatoms. The number of ether oxygens (including phenoxy) is 3. The highest BCUT2D eigenvalue weighted by Crippen LogP contribution is 2.21. The second-order valence-electron chi connectivity index (χ2n) is 14.1. The van der Waals surface area contributed by atoms with E-state index < -0.39 is 10.1 Å². The van der Waals surface area contributed by atoms with E-state index in [9.17, 15) is 22.6 Å². The van der Waals surface area contributed by atoms with Crippen molar-refractivity contribution in [1.82, 2.24) is 5.32 Å². The summed E-state index contributed by atoms with van der Waals surface area (Å²) >= 11 is 1.69. The number of esters is 1. The predicted molar refractivity (Wildman–Crippen MR) is 205 cm³/mol. The van der Waals surface area contributed by atoms with Crippen molar-refractivity contribution in [1.29, 1.82) is 0 Å². The zero-order chi connectivity index (χ0) is 37.7. The number of benzene rings is 1. The lowest BCUT2D eigenvalue weighted by Gasteiger charge is -2.11. The van der Waals surface area contributed by atoms with Crippen LogP contribution in [0.2, 0.25) is 0 Å². The Morgan fingerprint density at radius 2 is 1.44 bits per heavy atom. The van der Waals surface area contributed by atoms with Gasteiger partial charge >= 0.3 is 12.1 Å². The van der Waals surface area contributed by atoms with Gasteiger partial charge in [-0.05, 0) is 44.7 Å². The van der Waals surface area contributed by atoms with Crippen molar-refractivity contribution in [2.45, 2.75) is 160 Å². The van der Waals surface area contributed by atoms with E-state index in [1.807, 2.05) is 6.92 Å². The summed E-state index contributed by atoms with van der Waals surface area (Å²) in [5, 5.41) is 4.93. The number of aromatic nitrogens is 1. The van der Waals surface area contributed by atoms with E-state index in [0.717, 1.165) is 50.6 Å². The zero-order valence-corrected chi connectivity index (χ0v) is 33.5. The molecule has 0 saturated carbocycles. The summed E-state index contributed by atoms with van der Waals surface area (Å²) in [7, 11) is -4.27. The molecule has 1 aromatic carbocycles. The SMILES string of the molecule is CCCCCCCCCCCCCCCCCNC(=O)OC[C@@H]1CO[C@@H](COC(=O)CCCCC[n+]2ccsc2)C1.Cc1ccc(S(=O)(=O)[O-])cc1. The van der Waals surface area contributed by atoms with E-state index >= 15 is 0 Å². The fraction of sp³-hybridized carbons (Fsp3) is 0.725. The first kappa shape index (κ1) is 45.6. The number of rotatable bonds is 27. The van der Waals surface area contributed by atoms with Crippen molar-refractivity contribution < 1.29 is 41.3 Å². The second kappa shape index (κ2) is 28.9. The van der Waals surface area contributed by atoms with Gasteiger partial charge in [-0.15, -0.1) is 0 Å². The first-order valence-electron chi connectivity index (χ1n) is 19.8. The topological polar surface area (TPSA) is 135 Å². The van der Waals surface area contributed by atoms with Crippen LogP contribution in [0.15, 0.2) is 46.2 Å². The van der Waals surface area contributed by atoms with Crippen molar-refractivity contribution >= 4 is 33.5 Å². The molecule has 0 unspecified atom stereocenters. The average molecular weight is 767 g/mol. The van der Waals surface area contributed by atoms with Gasteiger partial charge in [0.25, 0.3) is 0 Å². The van der Waals surface area contributed by atoms with Crippen molar-refractivity contribution in [3.63, 3.8) is 0 Å². The number of nitrogens with zero attached hydrogens (tertiary/aromatic N) is 1. The van der Waals surface area contributed by atoms with Crippen molar-refractivity contribution in [2.24, 2.45) is 5.92 Å². The number of aryl methyl sites for hydroxylation is 2. The molecule has 1 aliphatic heterocycles. The number of alkyl carbamates (subject to hydrolysis) is 1. The van der Waals surface area contributed by atoms with Gasteiger partial charge in [-0.25, -0.2) is 13.2 Å². The number of nitrogens with one attached hydrogen (secondary N) is 1. The maximum Gasteiger partial charge on any atom is 0.407 e. The van der Waals surface area contributed by atoms with E-state index in [4.69, 9.17) is 14.2 Å². The van der Waals surface area contributed by atoms with Crippen LogP contribution >= 0.6 is 11.3 Å². The fourth-order valence-corrected chi connectivity index (χ4v) is 7.13. The molecule has 2 aromatic rings. The highest BCUT2D eigenvalue weighted by molar-refractivity contribution is 7.85. The molecule has 1 amide bonds. The Morgan fingerprint density at radius 1 is 0.846 bits per heavy atom. The molecular weight excluding hydrogens is 701 g/mol. The summed E-state index contributed by atoms with van der Waals surface area (Å²) in [6, 6.07) is 5.78. The number of hydrogen-bond donors (Lipinski definition) is 1. The van der Waals surface area contributed by atoms with Gasteiger partial charge in [0.1, 0.15) is 23.3 Å². The molecule has 3 rings (SSSR count). The lowest BCUT2D eigenvalue weighted by atomic mass is 10.0. The molecule has 1 fully saturated rings. The lowest BCUT2D eigenvalue weighted by Crippen LogP contribution is -2.29. The van der Waals surface area contributed by atoms with Crippen LogP contribution < -0.4 is 9.88 Å². The zero-order valence-electron chi connectivity index (χ0n) is 31.9. The quantitative estimate of drug-likeness (QED) is 0.0412. The lowest BCUT2D eigenvalue weighted by molar-refractivity contribution is -0.692. The minimum absolute atomic E-state index is 0.106. The minimum Gasteiger partial charge on any atom is -0.744 e. The smallest absolute Gasteiger partial charge is 0.407 e. The average Bonchev–Trinajstić information content (AvgIpc) is 3.82. The third-order valence-corrected chi connectivity index (χ3v) is 10.7. The standard InChI is InChI=1S/C33H58N2O5S.C7H8O3S/c1-2-3-4-5-6-7-8-9-10-11-12-13-14-15-18-21-34-33(37)40-27-30-25-31(38-26-30)28-39-32(36)20-17-16-19-22-35-23-24-41-29-35;1-6-2-4-7(5-3-6)11(8,9)10/h23-24,29-31H,2-22,25-28H2,1H3;2-5H,1H3,(H,8,9,10)/t30-,31+;/m0./s1. The monoisotopic (exact) mass is 766 g/mol. The van der Waals surface area contributed by atoms with Crippen LogP contribution in [0, 0.1) is 12.8 Å². The van der Waals surface area contributed by atoms with Crippen molar-refractivity contribution in [3.05, 3.63) is 46.9 Å². The summed E-state index contributed by atoms with van der Waals surface area (Å²) in [6.45, 7) is 6.93. The summed E-state index contributed by atoms with van der Waals surface area (Å²) in [4.78, 5) is 23.9. The minimum atomic E-state index is -4.27. The Hall–Kier alpha value is -2.54. The van der Waals surface area contributed by atoms with Gasteiger partial charge in [0, 0.05) is 25.3 Å². The summed E-state index contributed by atoms with van der Waals surface area (Å²) < 4.78 is 49.9. The third kappa shape index (κ3) is 23.9. The molecule has 0 radical (unpaired) electrons. The molecule has 0 bridgehead atoms. The maximum absolute atomic E-state index is 12.0. The van der Waals surface area contributed by atoms with Gasteiger partial charge in [-0.2, -0.15) is 4.57 Å². The van der Waals surface area contributed by atoms with Crippen LogP contribution in [-0.2, 0) is 35.7 Å². The molecule has 0 spiro atoms. The van der Waals surface area contributed by atoms with Gasteiger partial charge in [-0.3, -0.25) is 4.79 Å². The molecule has 1 N–H and O–H groups in total. The largest absolute Gasteiger partial charge is 0.744 e. The molecular formula is C40H66N2O8S2. The van der Waals surface area contributed by atoms with E-state index in [1.165, 1.54) is 95.6 Å². The van der Waals surface area contributed by atoms with E-state index in [2.05, 4.69) is 33.9 Å². The summed E-state index contributed by atoms with van der Waals surface area (Å²) in [5.74, 6) is -0.000446.